The quantitative estimate of drug-likeness (QED) is 0.626. The van der Waals surface area contributed by atoms with Crippen molar-refractivity contribution in [3.63, 3.8) is 0 Å². The van der Waals surface area contributed by atoms with Gasteiger partial charge in [-0.1, -0.05) is 0 Å². The molecule has 1 aliphatic rings. The van der Waals surface area contributed by atoms with E-state index in [-0.39, 0.29) is 11.5 Å². The number of hydrogen-bond acceptors (Lipinski definition) is 2. The normalized spacial score (nSPS) is 38.8. The molecule has 3 nitrogen and oxygen atoms in total. The summed E-state index contributed by atoms with van der Waals surface area (Å²) in [6, 6.07) is 0. The Hall–Kier alpha value is -0.570. The average molecular weight is 144 g/mol. The Balaban J connectivity index is 2.36. The summed E-state index contributed by atoms with van der Waals surface area (Å²) in [4.78, 5) is 10.3. The molecule has 0 saturated heterocycles. The fourth-order valence-electron chi connectivity index (χ4n) is 1.32. The molecule has 0 aromatic rings. The van der Waals surface area contributed by atoms with Crippen LogP contribution in [0.15, 0.2) is 0 Å². The summed E-state index contributed by atoms with van der Waals surface area (Å²) in [5, 5.41) is 8.51. The minimum absolute atomic E-state index is 0.164. The predicted molar refractivity (Wildman–Crippen MR) is 35.8 cm³/mol. The first-order chi connectivity index (χ1) is 4.57. The van der Waals surface area contributed by atoms with Gasteiger partial charge in [-0.15, -0.1) is 0 Å². The lowest BCUT2D eigenvalue weighted by Crippen LogP contribution is -2.45. The number of carboxylic acid groups (broad SMARTS) is 1. The van der Waals surface area contributed by atoms with E-state index >= 15 is 0 Å². The Bertz CT molecular complexity index is 147. The molecule has 0 radical (unpaired) electrons. The van der Waals surface area contributed by atoms with Crippen LogP contribution in [0.25, 0.3) is 0 Å². The zero-order valence-electron chi connectivity index (χ0n) is 6.26. The molecular weight excluding hydrogens is 132 g/mol. The Labute approximate surface area is 60.0 Å². The van der Waals surface area contributed by atoms with E-state index in [0.29, 0.717) is 12.8 Å². The van der Waals surface area contributed by atoms with Gasteiger partial charge < -0.3 is 9.84 Å². The molecule has 58 valence electrons. The van der Waals surface area contributed by atoms with Gasteiger partial charge in [-0.2, -0.15) is 0 Å². The van der Waals surface area contributed by atoms with Crippen molar-refractivity contribution in [3.8, 4) is 0 Å². The molecule has 0 spiro atoms. The van der Waals surface area contributed by atoms with Crippen LogP contribution < -0.4 is 0 Å². The highest BCUT2D eigenvalue weighted by molar-refractivity contribution is 5.71. The maximum Gasteiger partial charge on any atom is 0.306 e. The molecule has 0 aromatic carbocycles. The van der Waals surface area contributed by atoms with Crippen LogP contribution in [0.4, 0.5) is 0 Å². The molecule has 0 bridgehead atoms. The standard InChI is InChI=1S/C7H12O3/c1-7(10-2)3-5(4-7)6(8)9/h5H,3-4H2,1-2H3,(H,8,9)/t5-,7+. The first-order valence-electron chi connectivity index (χ1n) is 3.35. The van der Waals surface area contributed by atoms with E-state index < -0.39 is 5.97 Å². The molecule has 0 aromatic heterocycles. The van der Waals surface area contributed by atoms with Crippen molar-refractivity contribution in [3.05, 3.63) is 0 Å². The maximum absolute atomic E-state index is 10.3. The van der Waals surface area contributed by atoms with Crippen molar-refractivity contribution in [1.29, 1.82) is 0 Å². The van der Waals surface area contributed by atoms with Crippen molar-refractivity contribution < 1.29 is 14.6 Å². The molecular formula is C7H12O3. The number of rotatable bonds is 2. The number of carboxylic acids is 1. The molecule has 0 atom stereocenters. The van der Waals surface area contributed by atoms with Crippen molar-refractivity contribution in [2.45, 2.75) is 25.4 Å². The third-order valence-electron chi connectivity index (χ3n) is 2.20. The molecule has 0 unspecified atom stereocenters. The van der Waals surface area contributed by atoms with Crippen LogP contribution in [-0.4, -0.2) is 23.8 Å². The van der Waals surface area contributed by atoms with E-state index in [2.05, 4.69) is 0 Å². The lowest BCUT2D eigenvalue weighted by molar-refractivity contribution is -0.159. The molecule has 1 rings (SSSR count). The minimum atomic E-state index is -0.700. The second-order valence-electron chi connectivity index (χ2n) is 3.10. The average Bonchev–Trinajstić information content (AvgIpc) is 1.80. The summed E-state index contributed by atoms with van der Waals surface area (Å²) >= 11 is 0. The van der Waals surface area contributed by atoms with Gasteiger partial charge in [0.2, 0.25) is 0 Å². The summed E-state index contributed by atoms with van der Waals surface area (Å²) in [5.41, 5.74) is -0.164. The van der Waals surface area contributed by atoms with Crippen molar-refractivity contribution in [2.24, 2.45) is 5.92 Å². The second kappa shape index (κ2) is 2.23. The second-order valence-corrected chi connectivity index (χ2v) is 3.10. The molecule has 10 heavy (non-hydrogen) atoms. The zero-order chi connectivity index (χ0) is 7.78. The van der Waals surface area contributed by atoms with E-state index in [1.807, 2.05) is 6.92 Å². The first-order valence-corrected chi connectivity index (χ1v) is 3.35. The third kappa shape index (κ3) is 1.14. The van der Waals surface area contributed by atoms with Crippen LogP contribution in [0.5, 0.6) is 0 Å². The smallest absolute Gasteiger partial charge is 0.306 e. The van der Waals surface area contributed by atoms with Crippen molar-refractivity contribution in [2.75, 3.05) is 7.11 Å². The third-order valence-corrected chi connectivity index (χ3v) is 2.20. The summed E-state index contributed by atoms with van der Waals surface area (Å²) < 4.78 is 5.09. The summed E-state index contributed by atoms with van der Waals surface area (Å²) in [7, 11) is 1.62. The van der Waals surface area contributed by atoms with E-state index in [1.165, 1.54) is 0 Å². The Morgan fingerprint density at radius 1 is 1.70 bits per heavy atom. The predicted octanol–water partition coefficient (Wildman–Crippen LogP) is 0.886. The lowest BCUT2D eigenvalue weighted by atomic mass is 9.72. The van der Waals surface area contributed by atoms with Crippen LogP contribution in [0, 0.1) is 5.92 Å². The molecule has 3 heteroatoms. The topological polar surface area (TPSA) is 46.5 Å². The van der Waals surface area contributed by atoms with Gasteiger partial charge in [-0.3, -0.25) is 4.79 Å². The first kappa shape index (κ1) is 7.54. The fourth-order valence-corrected chi connectivity index (χ4v) is 1.32. The van der Waals surface area contributed by atoms with Gasteiger partial charge in [0.25, 0.3) is 0 Å². The minimum Gasteiger partial charge on any atom is -0.481 e. The van der Waals surface area contributed by atoms with Crippen LogP contribution in [-0.2, 0) is 9.53 Å². The molecule has 1 saturated carbocycles. The van der Waals surface area contributed by atoms with Crippen molar-refractivity contribution >= 4 is 5.97 Å². The van der Waals surface area contributed by atoms with E-state index in [1.54, 1.807) is 7.11 Å². The highest BCUT2D eigenvalue weighted by Crippen LogP contribution is 2.39. The summed E-state index contributed by atoms with van der Waals surface area (Å²) in [5.74, 6) is -0.875. The molecule has 1 fully saturated rings. The number of carbonyl (C=O) groups is 1. The number of methoxy groups -OCH3 is 1. The van der Waals surface area contributed by atoms with Crippen LogP contribution in [0.3, 0.4) is 0 Å². The number of hydrogen-bond donors (Lipinski definition) is 1. The zero-order valence-corrected chi connectivity index (χ0v) is 6.26. The summed E-state index contributed by atoms with van der Waals surface area (Å²) in [6.45, 7) is 1.94. The molecule has 1 aliphatic carbocycles. The highest BCUT2D eigenvalue weighted by atomic mass is 16.5. The Morgan fingerprint density at radius 3 is 2.50 bits per heavy atom. The molecule has 0 heterocycles. The number of aliphatic carboxylic acids is 1. The van der Waals surface area contributed by atoms with Gasteiger partial charge in [-0.25, -0.2) is 0 Å². The summed E-state index contributed by atoms with van der Waals surface area (Å²) in [6.07, 6.45) is 1.30. The van der Waals surface area contributed by atoms with Gasteiger partial charge in [0.1, 0.15) is 0 Å². The fraction of sp³-hybridized carbons (Fsp3) is 0.857. The van der Waals surface area contributed by atoms with E-state index in [4.69, 9.17) is 9.84 Å². The van der Waals surface area contributed by atoms with Gasteiger partial charge in [0, 0.05) is 7.11 Å². The van der Waals surface area contributed by atoms with E-state index in [9.17, 15) is 4.79 Å². The Morgan fingerprint density at radius 2 is 2.20 bits per heavy atom. The highest BCUT2D eigenvalue weighted by Gasteiger charge is 2.44. The van der Waals surface area contributed by atoms with E-state index in [0.717, 1.165) is 0 Å². The maximum atomic E-state index is 10.3. The largest absolute Gasteiger partial charge is 0.481 e. The van der Waals surface area contributed by atoms with Gasteiger partial charge in [0.05, 0.1) is 11.5 Å². The van der Waals surface area contributed by atoms with Crippen LogP contribution in [0.2, 0.25) is 0 Å². The molecule has 0 amide bonds. The van der Waals surface area contributed by atoms with Gasteiger partial charge in [-0.05, 0) is 19.8 Å². The SMILES string of the molecule is CO[C@]1(C)C[C@H](C(=O)O)C1. The molecule has 1 N–H and O–H groups in total. The lowest BCUT2D eigenvalue weighted by Gasteiger charge is -2.41. The monoisotopic (exact) mass is 144 g/mol. The van der Waals surface area contributed by atoms with Crippen LogP contribution in [0.1, 0.15) is 19.8 Å². The Kier molecular flexibility index (Phi) is 1.68. The van der Waals surface area contributed by atoms with Crippen molar-refractivity contribution in [1.82, 2.24) is 0 Å². The van der Waals surface area contributed by atoms with Crippen LogP contribution >= 0.6 is 0 Å². The van der Waals surface area contributed by atoms with Gasteiger partial charge >= 0.3 is 5.97 Å². The number of ether oxygens (including phenoxy) is 1. The molecule has 0 aliphatic heterocycles. The van der Waals surface area contributed by atoms with Gasteiger partial charge in [0.15, 0.2) is 0 Å².